The molecule has 0 aliphatic rings. The van der Waals surface area contributed by atoms with Gasteiger partial charge in [0.25, 0.3) is 0 Å². The zero-order valence-corrected chi connectivity index (χ0v) is 12.0. The Bertz CT molecular complexity index is 615. The van der Waals surface area contributed by atoms with Crippen molar-refractivity contribution in [3.63, 3.8) is 0 Å². The second kappa shape index (κ2) is 6.36. The molecule has 0 spiro atoms. The topological polar surface area (TPSA) is 92.9 Å². The van der Waals surface area contributed by atoms with Crippen molar-refractivity contribution in [2.75, 3.05) is 10.7 Å². The number of nitrogens with one attached hydrogen (secondary N) is 2. The van der Waals surface area contributed by atoms with E-state index in [1.165, 1.54) is 18.7 Å². The van der Waals surface area contributed by atoms with E-state index in [0.29, 0.717) is 5.95 Å². The molecule has 0 saturated heterocycles. The molecule has 1 amide bonds. The number of rotatable bonds is 4. The maximum absolute atomic E-state index is 10.9. The van der Waals surface area contributed by atoms with Gasteiger partial charge in [0.15, 0.2) is 0 Å². The maximum Gasteiger partial charge on any atom is 0.238 e. The van der Waals surface area contributed by atoms with E-state index in [-0.39, 0.29) is 5.91 Å². The van der Waals surface area contributed by atoms with Crippen molar-refractivity contribution in [1.29, 1.82) is 0 Å². The summed E-state index contributed by atoms with van der Waals surface area (Å²) in [6.45, 7) is 3.36. The van der Waals surface area contributed by atoms with Gasteiger partial charge in [0.1, 0.15) is 5.03 Å². The molecule has 2 aromatic rings. The Morgan fingerprint density at radius 1 is 1.25 bits per heavy atom. The summed E-state index contributed by atoms with van der Waals surface area (Å²) in [5.41, 5.74) is 4.05. The average Bonchev–Trinajstić information content (AvgIpc) is 2.39. The minimum Gasteiger partial charge on any atom is -0.326 e. The highest BCUT2D eigenvalue weighted by atomic mass is 32.2. The molecule has 0 bridgehead atoms. The molecule has 1 aromatic carbocycles. The van der Waals surface area contributed by atoms with Crippen LogP contribution in [0.3, 0.4) is 0 Å². The molecule has 1 aromatic heterocycles. The number of aromatic nitrogens is 2. The summed E-state index contributed by atoms with van der Waals surface area (Å²) in [7, 11) is 0. The smallest absolute Gasteiger partial charge is 0.238 e. The first kappa shape index (κ1) is 14.3. The molecule has 20 heavy (non-hydrogen) atoms. The average molecular weight is 289 g/mol. The predicted molar refractivity (Wildman–Crippen MR) is 79.4 cm³/mol. The Morgan fingerprint density at radius 3 is 2.55 bits per heavy atom. The lowest BCUT2D eigenvalue weighted by atomic mass is 10.3. The van der Waals surface area contributed by atoms with Gasteiger partial charge < -0.3 is 5.32 Å². The number of aryl methyl sites for hydroxylation is 1. The van der Waals surface area contributed by atoms with Crippen molar-refractivity contribution in [3.05, 3.63) is 36.0 Å². The number of anilines is 2. The lowest BCUT2D eigenvalue weighted by molar-refractivity contribution is -0.114. The van der Waals surface area contributed by atoms with Crippen LogP contribution in [0.15, 0.2) is 40.3 Å². The lowest BCUT2D eigenvalue weighted by Gasteiger charge is -2.06. The van der Waals surface area contributed by atoms with E-state index in [0.717, 1.165) is 21.3 Å². The van der Waals surface area contributed by atoms with Crippen LogP contribution in [0, 0.1) is 6.92 Å². The van der Waals surface area contributed by atoms with Gasteiger partial charge in [-0.05, 0) is 37.3 Å². The molecule has 0 saturated carbocycles. The maximum atomic E-state index is 10.9. The van der Waals surface area contributed by atoms with Gasteiger partial charge in [-0.3, -0.25) is 10.2 Å². The first-order valence-corrected chi connectivity index (χ1v) is 6.76. The number of nitrogen functional groups attached to an aromatic ring is 1. The number of nitrogens with two attached hydrogens (primary N) is 1. The summed E-state index contributed by atoms with van der Waals surface area (Å²) in [4.78, 5) is 20.4. The number of carbonyl (C=O) groups excluding carboxylic acids is 1. The number of hydrazine groups is 1. The molecular weight excluding hydrogens is 274 g/mol. The Balaban J connectivity index is 2.13. The second-order valence-corrected chi connectivity index (χ2v) is 5.22. The standard InChI is InChI=1S/C13H15N5OS/c1-8-7-12(17-13(15-8)18-14)20-11-5-3-10(4-6-11)16-9(2)19/h3-7H,14H2,1-2H3,(H,16,19)(H,15,17,18). The van der Waals surface area contributed by atoms with Gasteiger partial charge in [0.05, 0.1) is 0 Å². The summed E-state index contributed by atoms with van der Waals surface area (Å²) in [5.74, 6) is 5.63. The minimum absolute atomic E-state index is 0.0875. The first-order chi connectivity index (χ1) is 9.56. The molecule has 0 unspecified atom stereocenters. The number of hydrogen-bond donors (Lipinski definition) is 3. The van der Waals surface area contributed by atoms with Crippen LogP contribution in [0.1, 0.15) is 12.6 Å². The zero-order chi connectivity index (χ0) is 14.5. The third kappa shape index (κ3) is 3.94. The summed E-state index contributed by atoms with van der Waals surface area (Å²) in [6, 6.07) is 9.42. The number of carbonyl (C=O) groups is 1. The van der Waals surface area contributed by atoms with Crippen molar-refractivity contribution in [2.24, 2.45) is 5.84 Å². The number of nitrogens with zero attached hydrogens (tertiary/aromatic N) is 2. The van der Waals surface area contributed by atoms with Gasteiger partial charge in [-0.2, -0.15) is 0 Å². The SMILES string of the molecule is CC(=O)Nc1ccc(Sc2cc(C)nc(NN)n2)cc1. The van der Waals surface area contributed by atoms with E-state index in [4.69, 9.17) is 5.84 Å². The number of hydrogen-bond acceptors (Lipinski definition) is 6. The van der Waals surface area contributed by atoms with E-state index in [1.807, 2.05) is 37.3 Å². The van der Waals surface area contributed by atoms with E-state index in [9.17, 15) is 4.79 Å². The molecule has 104 valence electrons. The van der Waals surface area contributed by atoms with Crippen LogP contribution in [0.2, 0.25) is 0 Å². The lowest BCUT2D eigenvalue weighted by Crippen LogP contribution is -2.11. The van der Waals surface area contributed by atoms with Crippen LogP contribution in [0.25, 0.3) is 0 Å². The van der Waals surface area contributed by atoms with Crippen molar-refractivity contribution < 1.29 is 4.79 Å². The van der Waals surface area contributed by atoms with Crippen LogP contribution in [-0.2, 0) is 4.79 Å². The van der Waals surface area contributed by atoms with E-state index in [2.05, 4.69) is 20.7 Å². The molecule has 4 N–H and O–H groups in total. The molecular formula is C13H15N5OS. The number of amides is 1. The summed E-state index contributed by atoms with van der Waals surface area (Å²) < 4.78 is 0. The van der Waals surface area contributed by atoms with Crippen molar-refractivity contribution in [2.45, 2.75) is 23.8 Å². The van der Waals surface area contributed by atoms with Crippen LogP contribution in [-0.4, -0.2) is 15.9 Å². The Morgan fingerprint density at radius 2 is 1.95 bits per heavy atom. The molecule has 0 fully saturated rings. The Kier molecular flexibility index (Phi) is 4.54. The highest BCUT2D eigenvalue weighted by Crippen LogP contribution is 2.28. The third-order valence-electron chi connectivity index (χ3n) is 2.36. The molecule has 0 aliphatic heterocycles. The third-order valence-corrected chi connectivity index (χ3v) is 3.28. The minimum atomic E-state index is -0.0875. The Hall–Kier alpha value is -2.12. The summed E-state index contributed by atoms with van der Waals surface area (Å²) in [6.07, 6.45) is 0. The monoisotopic (exact) mass is 289 g/mol. The molecule has 7 heteroatoms. The first-order valence-electron chi connectivity index (χ1n) is 5.94. The normalized spacial score (nSPS) is 10.2. The van der Waals surface area contributed by atoms with E-state index in [1.54, 1.807) is 0 Å². The van der Waals surface area contributed by atoms with Crippen molar-refractivity contribution in [1.82, 2.24) is 9.97 Å². The molecule has 6 nitrogen and oxygen atoms in total. The van der Waals surface area contributed by atoms with Crippen LogP contribution >= 0.6 is 11.8 Å². The van der Waals surface area contributed by atoms with Crippen molar-refractivity contribution in [3.8, 4) is 0 Å². The summed E-state index contributed by atoms with van der Waals surface area (Å²) in [5, 5.41) is 3.53. The number of benzene rings is 1. The van der Waals surface area contributed by atoms with Crippen LogP contribution < -0.4 is 16.6 Å². The van der Waals surface area contributed by atoms with Gasteiger partial charge in [0.2, 0.25) is 11.9 Å². The Labute approximate surface area is 121 Å². The van der Waals surface area contributed by atoms with Crippen LogP contribution in [0.5, 0.6) is 0 Å². The highest BCUT2D eigenvalue weighted by Gasteiger charge is 2.04. The molecule has 0 atom stereocenters. The van der Waals surface area contributed by atoms with Gasteiger partial charge in [-0.25, -0.2) is 15.8 Å². The fourth-order valence-electron chi connectivity index (χ4n) is 1.59. The fraction of sp³-hybridized carbons (Fsp3) is 0.154. The molecule has 2 rings (SSSR count). The molecule has 0 aliphatic carbocycles. The van der Waals surface area contributed by atoms with Gasteiger partial charge >= 0.3 is 0 Å². The van der Waals surface area contributed by atoms with E-state index < -0.39 is 0 Å². The molecule has 0 radical (unpaired) electrons. The predicted octanol–water partition coefficient (Wildman–Crippen LogP) is 2.18. The zero-order valence-electron chi connectivity index (χ0n) is 11.2. The summed E-state index contributed by atoms with van der Waals surface area (Å²) >= 11 is 1.50. The fourth-order valence-corrected chi connectivity index (χ4v) is 2.46. The van der Waals surface area contributed by atoms with E-state index >= 15 is 0 Å². The quantitative estimate of drug-likeness (QED) is 0.454. The van der Waals surface area contributed by atoms with Gasteiger partial charge in [0, 0.05) is 23.2 Å². The van der Waals surface area contributed by atoms with Crippen molar-refractivity contribution >= 4 is 29.3 Å². The second-order valence-electron chi connectivity index (χ2n) is 4.12. The van der Waals surface area contributed by atoms with Gasteiger partial charge in [-0.15, -0.1) is 0 Å². The largest absolute Gasteiger partial charge is 0.326 e. The van der Waals surface area contributed by atoms with Gasteiger partial charge in [-0.1, -0.05) is 11.8 Å². The molecule has 1 heterocycles. The van der Waals surface area contributed by atoms with Crippen LogP contribution in [0.4, 0.5) is 11.6 Å². The highest BCUT2D eigenvalue weighted by molar-refractivity contribution is 7.99.